The number of carbonyl (C=O) groups is 2. The Morgan fingerprint density at radius 1 is 1.12 bits per heavy atom. The van der Waals surface area contributed by atoms with Crippen LogP contribution in [0.5, 0.6) is 5.75 Å². The lowest BCUT2D eigenvalue weighted by atomic mass is 10.1. The number of nitrogens with zero attached hydrogens (tertiary/aromatic N) is 2. The SMILES string of the molecule is COc1ccc(Cl)cc1NC(=O)COC(=O)c1cc(S(=O)(=O)N(C)C)ccc1N1CCCC1. The summed E-state index contributed by atoms with van der Waals surface area (Å²) in [5.74, 6) is -0.985. The number of benzene rings is 2. The summed E-state index contributed by atoms with van der Waals surface area (Å²) in [7, 11) is 0.522. The summed E-state index contributed by atoms with van der Waals surface area (Å²) in [6, 6.07) is 9.10. The molecule has 0 saturated carbocycles. The average molecular weight is 496 g/mol. The van der Waals surface area contributed by atoms with E-state index in [2.05, 4.69) is 5.32 Å². The first-order chi connectivity index (χ1) is 15.6. The number of amides is 1. The number of methoxy groups -OCH3 is 1. The van der Waals surface area contributed by atoms with Gasteiger partial charge in [-0.05, 0) is 49.2 Å². The van der Waals surface area contributed by atoms with E-state index >= 15 is 0 Å². The van der Waals surface area contributed by atoms with Gasteiger partial charge in [-0.15, -0.1) is 0 Å². The Kier molecular flexibility index (Phi) is 7.83. The zero-order valence-corrected chi connectivity index (χ0v) is 20.2. The molecule has 2 aromatic rings. The lowest BCUT2D eigenvalue weighted by Crippen LogP contribution is -2.26. The standard InChI is InChI=1S/C22H26ClN3O6S/c1-25(2)33(29,30)16-7-8-19(26-10-4-5-11-26)17(13-16)22(28)32-14-21(27)24-18-12-15(23)6-9-20(18)31-3/h6-9,12-13H,4-5,10-11,14H2,1-3H3,(H,24,27). The summed E-state index contributed by atoms with van der Waals surface area (Å²) in [5, 5.41) is 2.99. The molecule has 1 aliphatic heterocycles. The minimum absolute atomic E-state index is 0.0319. The van der Waals surface area contributed by atoms with Gasteiger partial charge in [0.05, 0.1) is 28.9 Å². The van der Waals surface area contributed by atoms with Crippen molar-refractivity contribution in [1.29, 1.82) is 0 Å². The molecule has 0 radical (unpaired) electrons. The Morgan fingerprint density at radius 2 is 1.82 bits per heavy atom. The van der Waals surface area contributed by atoms with Crippen molar-refractivity contribution in [3.8, 4) is 5.75 Å². The van der Waals surface area contributed by atoms with Crippen molar-refractivity contribution in [2.24, 2.45) is 0 Å². The minimum Gasteiger partial charge on any atom is -0.495 e. The number of halogens is 1. The Hall–Kier alpha value is -2.82. The maximum absolute atomic E-state index is 12.9. The van der Waals surface area contributed by atoms with Crippen LogP contribution in [0.2, 0.25) is 5.02 Å². The van der Waals surface area contributed by atoms with Crippen LogP contribution in [0.3, 0.4) is 0 Å². The number of nitrogens with one attached hydrogen (secondary N) is 1. The molecule has 11 heteroatoms. The lowest BCUT2D eigenvalue weighted by molar-refractivity contribution is -0.119. The third-order valence-corrected chi connectivity index (χ3v) is 7.23. The van der Waals surface area contributed by atoms with Crippen molar-refractivity contribution >= 4 is 44.9 Å². The number of hydrogen-bond acceptors (Lipinski definition) is 7. The molecule has 1 amide bonds. The molecule has 0 unspecified atom stereocenters. The molecule has 3 rings (SSSR count). The molecule has 1 saturated heterocycles. The van der Waals surface area contributed by atoms with E-state index in [9.17, 15) is 18.0 Å². The number of carbonyl (C=O) groups excluding carboxylic acids is 2. The summed E-state index contributed by atoms with van der Waals surface area (Å²) in [6.45, 7) is 0.919. The van der Waals surface area contributed by atoms with Crippen LogP contribution in [0.4, 0.5) is 11.4 Å². The van der Waals surface area contributed by atoms with Gasteiger partial charge in [-0.2, -0.15) is 0 Å². The van der Waals surface area contributed by atoms with E-state index in [1.165, 1.54) is 39.4 Å². The molecule has 0 spiro atoms. The molecule has 1 N–H and O–H groups in total. The van der Waals surface area contributed by atoms with Gasteiger partial charge in [0.2, 0.25) is 10.0 Å². The number of anilines is 2. The van der Waals surface area contributed by atoms with Crippen molar-refractivity contribution in [1.82, 2.24) is 4.31 Å². The van der Waals surface area contributed by atoms with Gasteiger partial charge in [0, 0.05) is 32.2 Å². The second kappa shape index (κ2) is 10.4. The second-order valence-electron chi connectivity index (χ2n) is 7.63. The highest BCUT2D eigenvalue weighted by Gasteiger charge is 2.25. The zero-order chi connectivity index (χ0) is 24.2. The number of hydrogen-bond donors (Lipinski definition) is 1. The van der Waals surface area contributed by atoms with Crippen molar-refractivity contribution in [2.75, 3.05) is 51.1 Å². The van der Waals surface area contributed by atoms with Crippen LogP contribution in [-0.4, -0.2) is 65.5 Å². The van der Waals surface area contributed by atoms with Crippen LogP contribution in [0, 0.1) is 0 Å². The van der Waals surface area contributed by atoms with Gasteiger partial charge in [-0.1, -0.05) is 11.6 Å². The van der Waals surface area contributed by atoms with Gasteiger partial charge >= 0.3 is 5.97 Å². The Bertz CT molecular complexity index is 1150. The first kappa shape index (κ1) is 24.8. The van der Waals surface area contributed by atoms with Crippen molar-refractivity contribution < 1.29 is 27.5 Å². The fourth-order valence-electron chi connectivity index (χ4n) is 3.46. The normalized spacial score (nSPS) is 13.8. The minimum atomic E-state index is -3.76. The lowest BCUT2D eigenvalue weighted by Gasteiger charge is -2.22. The van der Waals surface area contributed by atoms with Crippen molar-refractivity contribution in [3.63, 3.8) is 0 Å². The molecule has 178 valence electrons. The van der Waals surface area contributed by atoms with E-state index in [1.54, 1.807) is 18.2 Å². The highest BCUT2D eigenvalue weighted by atomic mass is 35.5. The quantitative estimate of drug-likeness (QED) is 0.561. The summed E-state index contributed by atoms with van der Waals surface area (Å²) < 4.78 is 36.6. The van der Waals surface area contributed by atoms with E-state index in [1.807, 2.05) is 4.90 Å². The molecule has 0 bridgehead atoms. The Labute approximate surface area is 198 Å². The summed E-state index contributed by atoms with van der Waals surface area (Å²) >= 11 is 5.97. The number of esters is 1. The highest BCUT2D eigenvalue weighted by Crippen LogP contribution is 2.29. The number of ether oxygens (including phenoxy) is 2. The molecular formula is C22H26ClN3O6S. The molecule has 1 aliphatic rings. The molecule has 1 heterocycles. The summed E-state index contributed by atoms with van der Waals surface area (Å²) in [4.78, 5) is 27.3. The zero-order valence-electron chi connectivity index (χ0n) is 18.6. The first-order valence-electron chi connectivity index (χ1n) is 10.3. The maximum atomic E-state index is 12.9. The molecule has 1 fully saturated rings. The van der Waals surface area contributed by atoms with E-state index in [-0.39, 0.29) is 10.5 Å². The average Bonchev–Trinajstić information content (AvgIpc) is 3.32. The number of rotatable bonds is 8. The third kappa shape index (κ3) is 5.76. The first-order valence-corrected chi connectivity index (χ1v) is 12.1. The monoisotopic (exact) mass is 495 g/mol. The highest BCUT2D eigenvalue weighted by molar-refractivity contribution is 7.89. The predicted octanol–water partition coefficient (Wildman–Crippen LogP) is 2.99. The molecule has 0 aromatic heterocycles. The predicted molar refractivity (Wildman–Crippen MR) is 126 cm³/mol. The van der Waals surface area contributed by atoms with E-state index < -0.39 is 28.5 Å². The Morgan fingerprint density at radius 3 is 2.45 bits per heavy atom. The van der Waals surface area contributed by atoms with E-state index in [4.69, 9.17) is 21.1 Å². The van der Waals surface area contributed by atoms with Gasteiger partial charge < -0.3 is 19.7 Å². The topological polar surface area (TPSA) is 105 Å². The van der Waals surface area contributed by atoms with E-state index in [0.717, 1.165) is 30.2 Å². The van der Waals surface area contributed by atoms with Gasteiger partial charge in [-0.25, -0.2) is 17.5 Å². The molecule has 9 nitrogen and oxygen atoms in total. The molecular weight excluding hydrogens is 470 g/mol. The maximum Gasteiger partial charge on any atom is 0.340 e. The molecule has 2 aromatic carbocycles. The summed E-state index contributed by atoms with van der Waals surface area (Å²) in [5.41, 5.74) is 1.00. The smallest absolute Gasteiger partial charge is 0.340 e. The van der Waals surface area contributed by atoms with Gasteiger partial charge in [0.1, 0.15) is 5.75 Å². The fourth-order valence-corrected chi connectivity index (χ4v) is 4.56. The second-order valence-corrected chi connectivity index (χ2v) is 10.2. The summed E-state index contributed by atoms with van der Waals surface area (Å²) in [6.07, 6.45) is 1.94. The molecule has 0 atom stereocenters. The van der Waals surface area contributed by atoms with Crippen LogP contribution >= 0.6 is 11.6 Å². The fraction of sp³-hybridized carbons (Fsp3) is 0.364. The third-order valence-electron chi connectivity index (χ3n) is 5.18. The van der Waals surface area contributed by atoms with Crippen molar-refractivity contribution in [2.45, 2.75) is 17.7 Å². The number of sulfonamides is 1. The van der Waals surface area contributed by atoms with Gasteiger partial charge in [-0.3, -0.25) is 4.79 Å². The van der Waals surface area contributed by atoms with Gasteiger partial charge in [0.15, 0.2) is 6.61 Å². The van der Waals surface area contributed by atoms with Crippen LogP contribution in [0.25, 0.3) is 0 Å². The van der Waals surface area contributed by atoms with Crippen molar-refractivity contribution in [3.05, 3.63) is 47.0 Å². The largest absolute Gasteiger partial charge is 0.495 e. The van der Waals surface area contributed by atoms with Gasteiger partial charge in [0.25, 0.3) is 5.91 Å². The van der Waals surface area contributed by atoms with Crippen LogP contribution < -0.4 is 15.0 Å². The van der Waals surface area contributed by atoms with Crippen LogP contribution in [-0.2, 0) is 19.6 Å². The Balaban J connectivity index is 1.80. The van der Waals surface area contributed by atoms with Crippen LogP contribution in [0.1, 0.15) is 23.2 Å². The van der Waals surface area contributed by atoms with E-state index in [0.29, 0.717) is 22.1 Å². The van der Waals surface area contributed by atoms with Crippen LogP contribution in [0.15, 0.2) is 41.3 Å². The molecule has 0 aliphatic carbocycles. The molecule has 33 heavy (non-hydrogen) atoms.